The monoisotopic (exact) mass is 308 g/mol. The Kier molecular flexibility index (Phi) is 5.65. The molecule has 1 aliphatic carbocycles. The zero-order valence-corrected chi connectivity index (χ0v) is 13.4. The van der Waals surface area contributed by atoms with Crippen molar-refractivity contribution in [1.82, 2.24) is 10.6 Å². The predicted molar refractivity (Wildman–Crippen MR) is 87.8 cm³/mol. The highest BCUT2D eigenvalue weighted by molar-refractivity contribution is 5.85. The van der Waals surface area contributed by atoms with Crippen molar-refractivity contribution in [2.24, 2.45) is 5.92 Å². The number of carbonyl (C=O) groups is 1. The van der Waals surface area contributed by atoms with Crippen molar-refractivity contribution in [3.8, 4) is 0 Å². The molecule has 1 aromatic rings. The molecule has 1 aromatic carbocycles. The average Bonchev–Trinajstić information content (AvgIpc) is 2.51. The van der Waals surface area contributed by atoms with Crippen LogP contribution in [0.15, 0.2) is 24.3 Å². The van der Waals surface area contributed by atoms with E-state index in [-0.39, 0.29) is 30.3 Å². The third-order valence-corrected chi connectivity index (χ3v) is 4.82. The van der Waals surface area contributed by atoms with Crippen LogP contribution in [0.5, 0.6) is 0 Å². The number of piperidine rings is 1. The summed E-state index contributed by atoms with van der Waals surface area (Å²) in [5.74, 6) is 1.06. The van der Waals surface area contributed by atoms with Gasteiger partial charge >= 0.3 is 0 Å². The van der Waals surface area contributed by atoms with E-state index < -0.39 is 0 Å². The third-order valence-electron chi connectivity index (χ3n) is 4.82. The molecule has 0 aromatic heterocycles. The SMILES string of the molecule is CC1CCC(NC(=O)C2CCNCC2)c2ccccc21.Cl. The lowest BCUT2D eigenvalue weighted by molar-refractivity contribution is -0.126. The van der Waals surface area contributed by atoms with E-state index in [1.54, 1.807) is 0 Å². The molecule has 0 radical (unpaired) electrons. The van der Waals surface area contributed by atoms with Gasteiger partial charge in [0, 0.05) is 5.92 Å². The number of fused-ring (bicyclic) bond motifs is 1. The first kappa shape index (κ1) is 16.3. The maximum Gasteiger partial charge on any atom is 0.223 e. The summed E-state index contributed by atoms with van der Waals surface area (Å²) >= 11 is 0. The fourth-order valence-electron chi connectivity index (χ4n) is 3.53. The highest BCUT2D eigenvalue weighted by Crippen LogP contribution is 2.37. The number of carbonyl (C=O) groups excluding carboxylic acids is 1. The van der Waals surface area contributed by atoms with Crippen LogP contribution in [0.1, 0.15) is 55.7 Å². The predicted octanol–water partition coefficient (Wildman–Crippen LogP) is 3.16. The lowest BCUT2D eigenvalue weighted by Gasteiger charge is -2.32. The van der Waals surface area contributed by atoms with Crippen LogP contribution in [0.25, 0.3) is 0 Å². The minimum Gasteiger partial charge on any atom is -0.349 e. The quantitative estimate of drug-likeness (QED) is 0.881. The van der Waals surface area contributed by atoms with Gasteiger partial charge < -0.3 is 10.6 Å². The zero-order valence-electron chi connectivity index (χ0n) is 12.6. The van der Waals surface area contributed by atoms with E-state index >= 15 is 0 Å². The second-order valence-corrected chi connectivity index (χ2v) is 6.19. The van der Waals surface area contributed by atoms with Crippen LogP contribution >= 0.6 is 12.4 Å². The largest absolute Gasteiger partial charge is 0.349 e. The van der Waals surface area contributed by atoms with Crippen molar-refractivity contribution in [2.45, 2.75) is 44.6 Å². The van der Waals surface area contributed by atoms with Crippen LogP contribution in [-0.4, -0.2) is 19.0 Å². The van der Waals surface area contributed by atoms with Crippen molar-refractivity contribution in [2.75, 3.05) is 13.1 Å². The number of hydrogen-bond acceptors (Lipinski definition) is 2. The second kappa shape index (κ2) is 7.28. The van der Waals surface area contributed by atoms with Gasteiger partial charge in [-0.3, -0.25) is 4.79 Å². The van der Waals surface area contributed by atoms with Crippen molar-refractivity contribution in [3.63, 3.8) is 0 Å². The van der Waals surface area contributed by atoms with E-state index in [1.165, 1.54) is 11.1 Å². The fourth-order valence-corrected chi connectivity index (χ4v) is 3.53. The molecule has 1 saturated heterocycles. The van der Waals surface area contributed by atoms with Crippen LogP contribution in [0, 0.1) is 5.92 Å². The molecule has 0 bridgehead atoms. The molecule has 1 aliphatic heterocycles. The summed E-state index contributed by atoms with van der Waals surface area (Å²) in [7, 11) is 0. The van der Waals surface area contributed by atoms with Gasteiger partial charge in [-0.2, -0.15) is 0 Å². The maximum atomic E-state index is 12.4. The molecule has 4 heteroatoms. The summed E-state index contributed by atoms with van der Waals surface area (Å²) in [4.78, 5) is 12.4. The molecule has 0 spiro atoms. The van der Waals surface area contributed by atoms with Gasteiger partial charge in [-0.25, -0.2) is 0 Å². The van der Waals surface area contributed by atoms with Gasteiger partial charge in [0.25, 0.3) is 0 Å². The van der Waals surface area contributed by atoms with Gasteiger partial charge in [0.1, 0.15) is 0 Å². The van der Waals surface area contributed by atoms with Gasteiger partial charge in [-0.15, -0.1) is 12.4 Å². The Hall–Kier alpha value is -1.06. The summed E-state index contributed by atoms with van der Waals surface area (Å²) in [5, 5.41) is 6.61. The average molecular weight is 309 g/mol. The fraction of sp³-hybridized carbons (Fsp3) is 0.588. The first-order valence-electron chi connectivity index (χ1n) is 7.85. The summed E-state index contributed by atoms with van der Waals surface area (Å²) in [6.07, 6.45) is 4.16. The normalized spacial score (nSPS) is 25.6. The van der Waals surface area contributed by atoms with Crippen LogP contribution < -0.4 is 10.6 Å². The summed E-state index contributed by atoms with van der Waals surface area (Å²) < 4.78 is 0. The number of hydrogen-bond donors (Lipinski definition) is 2. The topological polar surface area (TPSA) is 41.1 Å². The van der Waals surface area contributed by atoms with E-state index in [1.807, 2.05) is 0 Å². The Balaban J connectivity index is 0.00000161. The second-order valence-electron chi connectivity index (χ2n) is 6.19. The highest BCUT2D eigenvalue weighted by atomic mass is 35.5. The molecule has 1 amide bonds. The number of halogens is 1. The van der Waals surface area contributed by atoms with E-state index in [4.69, 9.17) is 0 Å². The molecular formula is C17H25ClN2O. The van der Waals surface area contributed by atoms with Crippen LogP contribution in [0.4, 0.5) is 0 Å². The van der Waals surface area contributed by atoms with Crippen LogP contribution in [0.3, 0.4) is 0 Å². The van der Waals surface area contributed by atoms with Crippen molar-refractivity contribution >= 4 is 18.3 Å². The highest BCUT2D eigenvalue weighted by Gasteiger charge is 2.28. The summed E-state index contributed by atoms with van der Waals surface area (Å²) in [6, 6.07) is 8.79. The Morgan fingerprint density at radius 1 is 1.10 bits per heavy atom. The van der Waals surface area contributed by atoms with E-state index in [0.29, 0.717) is 5.92 Å². The first-order chi connectivity index (χ1) is 9.75. The van der Waals surface area contributed by atoms with Gasteiger partial charge in [0.2, 0.25) is 5.91 Å². The number of benzene rings is 1. The molecule has 0 saturated carbocycles. The number of rotatable bonds is 2. The third kappa shape index (κ3) is 3.58. The molecule has 2 atom stereocenters. The minimum absolute atomic E-state index is 0. The van der Waals surface area contributed by atoms with Crippen molar-refractivity contribution < 1.29 is 4.79 Å². The Morgan fingerprint density at radius 2 is 1.76 bits per heavy atom. The number of amides is 1. The molecule has 2 aliphatic rings. The van der Waals surface area contributed by atoms with Crippen LogP contribution in [0.2, 0.25) is 0 Å². The molecule has 3 rings (SSSR count). The minimum atomic E-state index is 0. The van der Waals surface area contributed by atoms with Crippen LogP contribution in [-0.2, 0) is 4.79 Å². The lowest BCUT2D eigenvalue weighted by Crippen LogP contribution is -2.40. The van der Waals surface area contributed by atoms with Gasteiger partial charge in [-0.1, -0.05) is 31.2 Å². The van der Waals surface area contributed by atoms with E-state index in [2.05, 4.69) is 41.8 Å². The molecule has 1 heterocycles. The Bertz CT molecular complexity index is 485. The molecule has 116 valence electrons. The van der Waals surface area contributed by atoms with E-state index in [0.717, 1.165) is 38.8 Å². The van der Waals surface area contributed by atoms with E-state index in [9.17, 15) is 4.79 Å². The van der Waals surface area contributed by atoms with Crippen molar-refractivity contribution in [1.29, 1.82) is 0 Å². The smallest absolute Gasteiger partial charge is 0.223 e. The van der Waals surface area contributed by atoms with Gasteiger partial charge in [0.15, 0.2) is 0 Å². The lowest BCUT2D eigenvalue weighted by atomic mass is 9.81. The maximum absolute atomic E-state index is 12.4. The van der Waals surface area contributed by atoms with Crippen molar-refractivity contribution in [3.05, 3.63) is 35.4 Å². The Labute approximate surface area is 133 Å². The standard InChI is InChI=1S/C17H24N2O.ClH/c1-12-6-7-16(15-5-3-2-4-14(12)15)19-17(20)13-8-10-18-11-9-13;/h2-5,12-13,16,18H,6-11H2,1H3,(H,19,20);1H. The summed E-state index contributed by atoms with van der Waals surface area (Å²) in [6.45, 7) is 4.22. The Morgan fingerprint density at radius 3 is 2.48 bits per heavy atom. The number of nitrogens with one attached hydrogen (secondary N) is 2. The molecule has 2 N–H and O–H groups in total. The molecule has 1 fully saturated rings. The molecule has 3 nitrogen and oxygen atoms in total. The first-order valence-corrected chi connectivity index (χ1v) is 7.85. The molecule has 2 unspecified atom stereocenters. The van der Waals surface area contributed by atoms with Gasteiger partial charge in [0.05, 0.1) is 6.04 Å². The zero-order chi connectivity index (χ0) is 13.9. The molecular weight excluding hydrogens is 284 g/mol. The van der Waals surface area contributed by atoms with Gasteiger partial charge in [-0.05, 0) is 55.8 Å². The molecule has 21 heavy (non-hydrogen) atoms. The summed E-state index contributed by atoms with van der Waals surface area (Å²) in [5.41, 5.74) is 2.74.